The number of H-pyrrole nitrogens is 1. The minimum absolute atomic E-state index is 0.0264. The van der Waals surface area contributed by atoms with Crippen molar-refractivity contribution in [2.75, 3.05) is 17.6 Å². The summed E-state index contributed by atoms with van der Waals surface area (Å²) in [5.74, 6) is -0.942. The van der Waals surface area contributed by atoms with Gasteiger partial charge < -0.3 is 15.2 Å². The molecule has 1 aromatic heterocycles. The number of aliphatic carboxylic acids is 1. The average molecular weight is 526 g/mol. The van der Waals surface area contributed by atoms with E-state index in [0.717, 1.165) is 17.2 Å². The van der Waals surface area contributed by atoms with Gasteiger partial charge in [0.25, 0.3) is 0 Å². The minimum Gasteiger partial charge on any atom is -0.494 e. The van der Waals surface area contributed by atoms with Gasteiger partial charge in [-0.3, -0.25) is 9.10 Å². The first-order valence-electron chi connectivity index (χ1n) is 11.0. The summed E-state index contributed by atoms with van der Waals surface area (Å²) in [6, 6.07) is 19.3. The van der Waals surface area contributed by atoms with Crippen LogP contribution in [0.1, 0.15) is 23.1 Å². The van der Waals surface area contributed by atoms with E-state index in [0.29, 0.717) is 45.2 Å². The Morgan fingerprint density at radius 3 is 2.33 bits per heavy atom. The Morgan fingerprint density at radius 1 is 1.06 bits per heavy atom. The maximum Gasteiger partial charge on any atom is 0.303 e. The lowest BCUT2D eigenvalue weighted by Gasteiger charge is -2.16. The van der Waals surface area contributed by atoms with Crippen molar-refractivity contribution in [3.05, 3.63) is 88.4 Å². The van der Waals surface area contributed by atoms with Gasteiger partial charge in [-0.2, -0.15) is 0 Å². The topological polar surface area (TPSA) is 123 Å². The van der Waals surface area contributed by atoms with Crippen LogP contribution in [0.4, 0.5) is 11.4 Å². The molecule has 1 heterocycles. The fourth-order valence-corrected chi connectivity index (χ4v) is 4.48. The Balaban J connectivity index is 1.82. The van der Waals surface area contributed by atoms with Gasteiger partial charge in [-0.15, -0.1) is 0 Å². The largest absolute Gasteiger partial charge is 0.494 e. The number of aromatic nitrogens is 1. The first kappa shape index (κ1) is 25.3. The van der Waals surface area contributed by atoms with E-state index in [9.17, 15) is 18.3 Å². The molecule has 0 saturated carbocycles. The lowest BCUT2D eigenvalue weighted by Crippen LogP contribution is -2.24. The number of sulfonamides is 1. The molecular formula is C26H24ClN3O5S. The molecule has 0 aliphatic carbocycles. The van der Waals surface area contributed by atoms with Crippen molar-refractivity contribution in [1.29, 1.82) is 0 Å². The van der Waals surface area contributed by atoms with E-state index >= 15 is 0 Å². The van der Waals surface area contributed by atoms with Crippen LogP contribution in [0.2, 0.25) is 5.02 Å². The summed E-state index contributed by atoms with van der Waals surface area (Å²) in [7, 11) is -1.93. The number of nitrogens with one attached hydrogen (secondary N) is 1. The number of fused-ring (bicyclic) bond motifs is 1. The quantitative estimate of drug-likeness (QED) is 0.276. The average Bonchev–Trinajstić information content (AvgIpc) is 3.15. The number of aryl methyl sites for hydroxylation is 1. The highest BCUT2D eigenvalue weighted by Gasteiger charge is 2.19. The van der Waals surface area contributed by atoms with Crippen molar-refractivity contribution >= 4 is 55.6 Å². The van der Waals surface area contributed by atoms with Crippen LogP contribution in [0.3, 0.4) is 0 Å². The van der Waals surface area contributed by atoms with Crippen LogP contribution in [-0.4, -0.2) is 48.6 Å². The number of benzene rings is 3. The predicted octanol–water partition coefficient (Wildman–Crippen LogP) is 5.11. The predicted molar refractivity (Wildman–Crippen MR) is 142 cm³/mol. The van der Waals surface area contributed by atoms with Crippen LogP contribution in [0.5, 0.6) is 5.88 Å². The van der Waals surface area contributed by atoms with Crippen molar-refractivity contribution in [1.82, 2.24) is 4.98 Å². The van der Waals surface area contributed by atoms with Crippen LogP contribution in [0.25, 0.3) is 10.9 Å². The highest BCUT2D eigenvalue weighted by atomic mass is 35.5. The molecule has 8 nitrogen and oxygen atoms in total. The molecule has 0 atom stereocenters. The fourth-order valence-electron chi connectivity index (χ4n) is 3.80. The Morgan fingerprint density at radius 2 is 1.72 bits per heavy atom. The minimum atomic E-state index is -3.41. The van der Waals surface area contributed by atoms with Crippen LogP contribution < -0.4 is 4.31 Å². The zero-order valence-electron chi connectivity index (χ0n) is 19.6. The molecule has 0 aliphatic heterocycles. The van der Waals surface area contributed by atoms with Crippen LogP contribution in [0, 0.1) is 0 Å². The second kappa shape index (κ2) is 10.0. The number of carboxylic acid groups (broad SMARTS) is 1. The molecule has 0 fully saturated rings. The SMILES string of the molecule is CN(c1ccc(N=C(c2ccc(CCC(=O)O)cc2)c2c(O)[nH]c3cc(Cl)ccc23)cc1)S(C)(=O)=O. The van der Waals surface area contributed by atoms with Crippen LogP contribution in [-0.2, 0) is 21.2 Å². The number of halogens is 1. The number of nitrogens with zero attached hydrogens (tertiary/aromatic N) is 2. The zero-order chi connectivity index (χ0) is 26.0. The summed E-state index contributed by atoms with van der Waals surface area (Å²) >= 11 is 6.13. The highest BCUT2D eigenvalue weighted by molar-refractivity contribution is 7.92. The van der Waals surface area contributed by atoms with Gasteiger partial charge in [0.15, 0.2) is 5.88 Å². The molecule has 36 heavy (non-hydrogen) atoms. The molecule has 0 aliphatic rings. The van der Waals surface area contributed by atoms with Gasteiger partial charge in [0, 0.05) is 29.4 Å². The van der Waals surface area contributed by atoms with Gasteiger partial charge in [0.2, 0.25) is 10.0 Å². The summed E-state index contributed by atoms with van der Waals surface area (Å²) < 4.78 is 24.9. The molecule has 4 aromatic rings. The van der Waals surface area contributed by atoms with Gasteiger partial charge in [-0.05, 0) is 48.4 Å². The second-order valence-electron chi connectivity index (χ2n) is 8.34. The van der Waals surface area contributed by atoms with Crippen molar-refractivity contribution < 1.29 is 23.4 Å². The molecule has 3 aromatic carbocycles. The molecule has 0 spiro atoms. The summed E-state index contributed by atoms with van der Waals surface area (Å²) in [5.41, 5.74) is 4.22. The van der Waals surface area contributed by atoms with E-state index in [4.69, 9.17) is 21.7 Å². The number of aromatic amines is 1. The maximum absolute atomic E-state index is 11.9. The lowest BCUT2D eigenvalue weighted by atomic mass is 9.98. The molecule has 0 saturated heterocycles. The monoisotopic (exact) mass is 525 g/mol. The first-order valence-corrected chi connectivity index (χ1v) is 13.2. The van der Waals surface area contributed by atoms with Crippen molar-refractivity contribution in [3.63, 3.8) is 0 Å². The first-order chi connectivity index (χ1) is 17.0. The van der Waals surface area contributed by atoms with E-state index in [2.05, 4.69) is 4.98 Å². The molecule has 0 amide bonds. The third-order valence-corrected chi connectivity index (χ3v) is 7.23. The molecule has 186 valence electrons. The lowest BCUT2D eigenvalue weighted by molar-refractivity contribution is -0.136. The van der Waals surface area contributed by atoms with Crippen molar-refractivity contribution in [2.24, 2.45) is 4.99 Å². The standard InChI is InChI=1S/C26H24ClN3O5S/c1-30(36(2,34)35)20-11-9-19(10-12-20)28-25(17-6-3-16(4-7-17)5-14-23(31)32)24-21-13-8-18(27)15-22(21)29-26(24)33/h3-4,6-13,15,29,33H,5,14H2,1-2H3,(H,31,32). The second-order valence-corrected chi connectivity index (χ2v) is 10.8. The zero-order valence-corrected chi connectivity index (χ0v) is 21.1. The Kier molecular flexibility index (Phi) is 7.05. The van der Waals surface area contributed by atoms with Crippen LogP contribution in [0.15, 0.2) is 71.7 Å². The number of aromatic hydroxyl groups is 1. The Labute approximate surface area is 213 Å². The van der Waals surface area contributed by atoms with E-state index in [1.807, 2.05) is 24.3 Å². The molecule has 10 heteroatoms. The molecule has 4 rings (SSSR count). The van der Waals surface area contributed by atoms with Gasteiger partial charge in [0.1, 0.15) is 0 Å². The summed E-state index contributed by atoms with van der Waals surface area (Å²) in [5, 5.41) is 21.0. The third kappa shape index (κ3) is 5.53. The van der Waals surface area contributed by atoms with Crippen molar-refractivity contribution in [3.8, 4) is 5.88 Å². The van der Waals surface area contributed by atoms with Gasteiger partial charge in [-0.25, -0.2) is 13.4 Å². The number of hydrogen-bond acceptors (Lipinski definition) is 5. The van der Waals surface area contributed by atoms with E-state index in [1.165, 1.54) is 11.4 Å². The normalized spacial score (nSPS) is 12.1. The highest BCUT2D eigenvalue weighted by Crippen LogP contribution is 2.33. The van der Waals surface area contributed by atoms with Gasteiger partial charge in [-0.1, -0.05) is 41.9 Å². The maximum atomic E-state index is 11.9. The van der Waals surface area contributed by atoms with E-state index in [-0.39, 0.29) is 12.3 Å². The summed E-state index contributed by atoms with van der Waals surface area (Å²) in [4.78, 5) is 18.7. The number of hydrogen-bond donors (Lipinski definition) is 3. The number of anilines is 1. The molecule has 3 N–H and O–H groups in total. The van der Waals surface area contributed by atoms with Gasteiger partial charge >= 0.3 is 5.97 Å². The summed E-state index contributed by atoms with van der Waals surface area (Å²) in [6.07, 6.45) is 1.55. The number of rotatable bonds is 8. The van der Waals surface area contributed by atoms with Gasteiger partial charge in [0.05, 0.1) is 34.4 Å². The smallest absolute Gasteiger partial charge is 0.303 e. The van der Waals surface area contributed by atoms with Crippen LogP contribution >= 0.6 is 11.6 Å². The number of carbonyl (C=O) groups is 1. The molecule has 0 unspecified atom stereocenters. The summed E-state index contributed by atoms with van der Waals surface area (Å²) in [6.45, 7) is 0. The molecular weight excluding hydrogens is 502 g/mol. The fraction of sp³-hybridized carbons (Fsp3) is 0.154. The van der Waals surface area contributed by atoms with Crippen molar-refractivity contribution in [2.45, 2.75) is 12.8 Å². The molecule has 0 radical (unpaired) electrons. The Bertz CT molecular complexity index is 1560. The third-order valence-electron chi connectivity index (χ3n) is 5.78. The molecule has 0 bridgehead atoms. The number of carboxylic acids is 1. The van der Waals surface area contributed by atoms with E-state index in [1.54, 1.807) is 42.5 Å². The Hall–Kier alpha value is -3.82. The number of aliphatic imine (C=N–C) groups is 1. The van der Waals surface area contributed by atoms with E-state index < -0.39 is 16.0 Å².